The molecule has 0 bridgehead atoms. The molecule has 0 aliphatic carbocycles. The smallest absolute Gasteiger partial charge is 0.416 e. The number of ether oxygens (including phenoxy) is 2. The number of alkyl halides is 3. The molecular formula is C26H32F3N3O6S. The van der Waals surface area contributed by atoms with E-state index in [1.165, 1.54) is 19.1 Å². The molecule has 3 N–H and O–H groups in total. The molecule has 9 nitrogen and oxygen atoms in total. The number of rotatable bonds is 9. The fourth-order valence-electron chi connectivity index (χ4n) is 3.58. The average Bonchev–Trinajstić information content (AvgIpc) is 3.15. The molecule has 1 heterocycles. The maximum Gasteiger partial charge on any atom is 0.416 e. The van der Waals surface area contributed by atoms with E-state index in [0.29, 0.717) is 5.56 Å². The number of carbonyl (C=O) groups excluding carboxylic acids is 4. The van der Waals surface area contributed by atoms with Gasteiger partial charge in [-0.3, -0.25) is 9.59 Å². The van der Waals surface area contributed by atoms with Gasteiger partial charge in [-0.15, -0.1) is 11.3 Å². The number of carbonyl (C=O) groups is 4. The molecule has 2 aromatic rings. The highest BCUT2D eigenvalue weighted by Crippen LogP contribution is 2.35. The third-order valence-corrected chi connectivity index (χ3v) is 6.63. The van der Waals surface area contributed by atoms with Gasteiger partial charge >= 0.3 is 18.2 Å². The highest BCUT2D eigenvalue weighted by Gasteiger charge is 2.31. The second-order valence-electron chi connectivity index (χ2n) is 9.51. The second kappa shape index (κ2) is 13.0. The zero-order valence-electron chi connectivity index (χ0n) is 22.5. The summed E-state index contributed by atoms with van der Waals surface area (Å²) in [5, 5.41) is 7.86. The van der Waals surface area contributed by atoms with Crippen molar-refractivity contribution in [2.24, 2.45) is 0 Å². The second-order valence-corrected chi connectivity index (χ2v) is 10.5. The van der Waals surface area contributed by atoms with Crippen molar-refractivity contribution in [3.05, 3.63) is 51.4 Å². The van der Waals surface area contributed by atoms with Gasteiger partial charge in [0.05, 0.1) is 29.0 Å². The molecule has 1 atom stereocenters. The quantitative estimate of drug-likeness (QED) is 0.279. The Morgan fingerprint density at radius 1 is 1.00 bits per heavy atom. The number of nitrogens with one attached hydrogen (secondary N) is 3. The number of esters is 1. The Morgan fingerprint density at radius 3 is 2.10 bits per heavy atom. The van der Waals surface area contributed by atoms with E-state index < -0.39 is 47.1 Å². The van der Waals surface area contributed by atoms with Gasteiger partial charge in [-0.05, 0) is 57.4 Å². The Labute approximate surface area is 228 Å². The molecule has 3 amide bonds. The minimum Gasteiger partial charge on any atom is -0.465 e. The molecule has 214 valence electrons. The summed E-state index contributed by atoms with van der Waals surface area (Å²) < 4.78 is 48.7. The molecule has 1 aromatic carbocycles. The van der Waals surface area contributed by atoms with Crippen LogP contribution in [-0.2, 0) is 20.4 Å². The lowest BCUT2D eigenvalue weighted by molar-refractivity contribution is -0.137. The normalized spacial score (nSPS) is 12.3. The number of hydrogen-bond donors (Lipinski definition) is 3. The zero-order chi connectivity index (χ0) is 29.5. The van der Waals surface area contributed by atoms with Crippen molar-refractivity contribution in [1.82, 2.24) is 10.6 Å². The molecule has 0 saturated heterocycles. The Hall–Kier alpha value is -3.61. The minimum atomic E-state index is -4.50. The van der Waals surface area contributed by atoms with Gasteiger partial charge in [0.1, 0.15) is 10.6 Å². The summed E-state index contributed by atoms with van der Waals surface area (Å²) in [5.41, 5.74) is -0.861. The van der Waals surface area contributed by atoms with E-state index in [9.17, 15) is 32.3 Å². The number of thiophene rings is 1. The first-order chi connectivity index (χ1) is 18.1. The predicted octanol–water partition coefficient (Wildman–Crippen LogP) is 5.25. The first-order valence-corrected chi connectivity index (χ1v) is 12.8. The topological polar surface area (TPSA) is 123 Å². The van der Waals surface area contributed by atoms with Crippen LogP contribution in [0.4, 0.5) is 23.0 Å². The van der Waals surface area contributed by atoms with Gasteiger partial charge < -0.3 is 25.4 Å². The summed E-state index contributed by atoms with van der Waals surface area (Å²) in [4.78, 5) is 50.3. The summed E-state index contributed by atoms with van der Waals surface area (Å²) in [5.74, 6) is -2.68. The highest BCUT2D eigenvalue weighted by atomic mass is 32.1. The molecule has 0 radical (unpaired) electrons. The number of methoxy groups -OCH3 is 1. The summed E-state index contributed by atoms with van der Waals surface area (Å²) in [6.07, 6.45) is -4.87. The SMILES string of the molecule is CCC(C(=O)Nc1sc(C(=O)NCCNC(=O)OC(C)(C)C)c(C)c1C(=O)OC)c1ccc(C(F)(F)F)cc1. The molecule has 0 aliphatic heterocycles. The Balaban J connectivity index is 2.19. The third kappa shape index (κ3) is 8.70. The minimum absolute atomic E-state index is 0.00449. The van der Waals surface area contributed by atoms with Gasteiger partial charge in [-0.1, -0.05) is 19.1 Å². The molecule has 13 heteroatoms. The van der Waals surface area contributed by atoms with E-state index in [4.69, 9.17) is 9.47 Å². The van der Waals surface area contributed by atoms with Crippen LogP contribution in [0.3, 0.4) is 0 Å². The number of anilines is 1. The molecule has 0 spiro atoms. The highest BCUT2D eigenvalue weighted by molar-refractivity contribution is 7.18. The molecule has 2 rings (SSSR count). The van der Waals surface area contributed by atoms with Crippen molar-refractivity contribution in [3.8, 4) is 0 Å². The maximum atomic E-state index is 13.1. The molecule has 0 fully saturated rings. The lowest BCUT2D eigenvalue weighted by Gasteiger charge is -2.19. The maximum absolute atomic E-state index is 13.1. The summed E-state index contributed by atoms with van der Waals surface area (Å²) in [6.45, 7) is 8.53. The van der Waals surface area contributed by atoms with Gasteiger partial charge in [0.25, 0.3) is 5.91 Å². The van der Waals surface area contributed by atoms with E-state index in [0.717, 1.165) is 30.6 Å². The van der Waals surface area contributed by atoms with Gasteiger partial charge in [0.15, 0.2) is 0 Å². The van der Waals surface area contributed by atoms with Crippen LogP contribution >= 0.6 is 11.3 Å². The van der Waals surface area contributed by atoms with Gasteiger partial charge in [0.2, 0.25) is 5.91 Å². The van der Waals surface area contributed by atoms with Crippen LogP contribution in [0.2, 0.25) is 0 Å². The summed E-state index contributed by atoms with van der Waals surface area (Å²) >= 11 is 0.862. The number of benzene rings is 1. The average molecular weight is 572 g/mol. The first-order valence-electron chi connectivity index (χ1n) is 12.0. The van der Waals surface area contributed by atoms with E-state index in [2.05, 4.69) is 16.0 Å². The monoisotopic (exact) mass is 571 g/mol. The first kappa shape index (κ1) is 31.6. The van der Waals surface area contributed by atoms with Crippen molar-refractivity contribution >= 4 is 40.2 Å². The van der Waals surface area contributed by atoms with Crippen LogP contribution in [0, 0.1) is 6.92 Å². The van der Waals surface area contributed by atoms with Crippen molar-refractivity contribution in [2.45, 2.75) is 58.7 Å². The van der Waals surface area contributed by atoms with Crippen molar-refractivity contribution in [3.63, 3.8) is 0 Å². The molecular weight excluding hydrogens is 539 g/mol. The van der Waals surface area contributed by atoms with Crippen LogP contribution in [0.5, 0.6) is 0 Å². The third-order valence-electron chi connectivity index (χ3n) is 5.42. The van der Waals surface area contributed by atoms with Crippen LogP contribution in [0.25, 0.3) is 0 Å². The molecule has 0 aliphatic rings. The number of hydrogen-bond acceptors (Lipinski definition) is 7. The Kier molecular flexibility index (Phi) is 10.5. The molecule has 1 aromatic heterocycles. The largest absolute Gasteiger partial charge is 0.465 e. The van der Waals surface area contributed by atoms with Gasteiger partial charge in [0, 0.05) is 13.1 Å². The fraction of sp³-hybridized carbons (Fsp3) is 0.462. The molecule has 0 saturated carbocycles. The van der Waals surface area contributed by atoms with E-state index in [1.54, 1.807) is 27.7 Å². The fourth-order valence-corrected chi connectivity index (χ4v) is 4.69. The van der Waals surface area contributed by atoms with Crippen LogP contribution < -0.4 is 16.0 Å². The number of amides is 3. The lowest BCUT2D eigenvalue weighted by atomic mass is 9.94. The predicted molar refractivity (Wildman–Crippen MR) is 140 cm³/mol. The van der Waals surface area contributed by atoms with Crippen molar-refractivity contribution in [1.29, 1.82) is 0 Å². The molecule has 39 heavy (non-hydrogen) atoms. The Morgan fingerprint density at radius 2 is 1.59 bits per heavy atom. The van der Waals surface area contributed by atoms with Crippen LogP contribution in [-0.4, -0.2) is 49.7 Å². The summed E-state index contributed by atoms with van der Waals surface area (Å²) in [7, 11) is 1.16. The standard InChI is InChI=1S/C26H32F3N3O6S/c1-7-17(15-8-10-16(11-9-15)26(27,28)29)20(33)32-22-18(23(35)37-6)14(2)19(39-22)21(34)30-12-13-31-24(36)38-25(3,4)5/h8-11,17H,7,12-13H2,1-6H3,(H,30,34)(H,31,36)(H,32,33). The van der Waals surface area contributed by atoms with Gasteiger partial charge in [-0.25, -0.2) is 9.59 Å². The lowest BCUT2D eigenvalue weighted by Crippen LogP contribution is -2.37. The van der Waals surface area contributed by atoms with E-state index in [-0.39, 0.29) is 40.5 Å². The van der Waals surface area contributed by atoms with E-state index in [1.807, 2.05) is 0 Å². The van der Waals surface area contributed by atoms with E-state index >= 15 is 0 Å². The van der Waals surface area contributed by atoms with Crippen molar-refractivity contribution < 1.29 is 41.8 Å². The Bertz CT molecular complexity index is 1200. The van der Waals surface area contributed by atoms with Gasteiger partial charge in [-0.2, -0.15) is 13.2 Å². The summed E-state index contributed by atoms with van der Waals surface area (Å²) in [6, 6.07) is 4.28. The molecule has 1 unspecified atom stereocenters. The number of alkyl carbamates (subject to hydrolysis) is 1. The van der Waals surface area contributed by atoms with Crippen LogP contribution in [0.1, 0.15) is 76.8 Å². The van der Waals surface area contributed by atoms with Crippen molar-refractivity contribution in [2.75, 3.05) is 25.5 Å². The zero-order valence-corrected chi connectivity index (χ0v) is 23.3. The number of halogens is 3. The van der Waals surface area contributed by atoms with Crippen LogP contribution in [0.15, 0.2) is 24.3 Å².